The molecule has 0 radical (unpaired) electrons. The van der Waals surface area contributed by atoms with Gasteiger partial charge in [-0.25, -0.2) is 0 Å². The third-order valence-electron chi connectivity index (χ3n) is 4.41. The molecule has 4 heteroatoms. The second-order valence-corrected chi connectivity index (χ2v) is 19.5. The molecule has 0 N–H and O–H groups in total. The minimum absolute atomic E-state index is 0.672. The SMILES string of the molecule is CCC[CH2][Sn]([CH2]CCC)([CH2]CCC)[c]1ncc(C)c(Cl)n1. The van der Waals surface area contributed by atoms with Gasteiger partial charge in [0.25, 0.3) is 0 Å². The van der Waals surface area contributed by atoms with Crippen LogP contribution in [0, 0.1) is 6.92 Å². The van der Waals surface area contributed by atoms with Crippen molar-refractivity contribution in [1.29, 1.82) is 0 Å². The number of hydrogen-bond donors (Lipinski definition) is 0. The summed E-state index contributed by atoms with van der Waals surface area (Å²) in [7, 11) is 0. The zero-order valence-electron chi connectivity index (χ0n) is 14.2. The summed E-state index contributed by atoms with van der Waals surface area (Å²) < 4.78 is 5.37. The van der Waals surface area contributed by atoms with Crippen molar-refractivity contribution in [1.82, 2.24) is 9.97 Å². The standard InChI is InChI=1S/C5H4ClN2.3C4H9.Sn/c1-4-2-7-3-8-5(4)6;3*1-3-4-2;/h2H,1H3;3*1,3-4H2,2H3;. The van der Waals surface area contributed by atoms with Crippen molar-refractivity contribution in [3.05, 3.63) is 16.9 Å². The van der Waals surface area contributed by atoms with Crippen LogP contribution in [0.5, 0.6) is 0 Å². The molecule has 1 heterocycles. The second kappa shape index (κ2) is 10.0. The van der Waals surface area contributed by atoms with E-state index in [2.05, 4.69) is 20.8 Å². The Morgan fingerprint density at radius 1 is 0.952 bits per heavy atom. The van der Waals surface area contributed by atoms with Gasteiger partial charge in [0.15, 0.2) is 0 Å². The van der Waals surface area contributed by atoms with Crippen LogP contribution in [0.2, 0.25) is 18.5 Å². The van der Waals surface area contributed by atoms with E-state index in [1.165, 1.54) is 55.7 Å². The van der Waals surface area contributed by atoms with Gasteiger partial charge in [0.1, 0.15) is 0 Å². The van der Waals surface area contributed by atoms with E-state index in [-0.39, 0.29) is 0 Å². The zero-order valence-corrected chi connectivity index (χ0v) is 17.8. The first-order valence-electron chi connectivity index (χ1n) is 8.59. The van der Waals surface area contributed by atoms with Gasteiger partial charge in [-0.05, 0) is 0 Å². The molecule has 0 saturated carbocycles. The molecule has 1 aromatic rings. The molecule has 21 heavy (non-hydrogen) atoms. The maximum atomic E-state index is 6.30. The number of aromatic nitrogens is 2. The average Bonchev–Trinajstić information content (AvgIpc) is 2.50. The topological polar surface area (TPSA) is 25.8 Å². The Morgan fingerprint density at radius 2 is 1.43 bits per heavy atom. The molecule has 1 rings (SSSR count). The van der Waals surface area contributed by atoms with Crippen LogP contribution in [0.15, 0.2) is 6.20 Å². The van der Waals surface area contributed by atoms with Crippen molar-refractivity contribution >= 4 is 33.8 Å². The molecule has 0 unspecified atom stereocenters. The Bertz CT molecular complexity index is 401. The minimum atomic E-state index is -2.48. The summed E-state index contributed by atoms with van der Waals surface area (Å²) in [4.78, 5) is 9.52. The number of nitrogens with zero attached hydrogens (tertiary/aromatic N) is 2. The molecule has 0 aromatic carbocycles. The van der Waals surface area contributed by atoms with Gasteiger partial charge in [-0.3, -0.25) is 0 Å². The molecule has 0 atom stereocenters. The van der Waals surface area contributed by atoms with Gasteiger partial charge in [0.05, 0.1) is 0 Å². The van der Waals surface area contributed by atoms with Gasteiger partial charge in [0, 0.05) is 0 Å². The fourth-order valence-electron chi connectivity index (χ4n) is 2.93. The predicted octanol–water partition coefficient (Wildman–Crippen LogP) is 5.49. The van der Waals surface area contributed by atoms with Crippen molar-refractivity contribution in [3.63, 3.8) is 0 Å². The Hall–Kier alpha value is 0.169. The van der Waals surface area contributed by atoms with Crippen molar-refractivity contribution in [2.75, 3.05) is 0 Å². The van der Waals surface area contributed by atoms with Gasteiger partial charge < -0.3 is 0 Å². The molecule has 2 nitrogen and oxygen atoms in total. The van der Waals surface area contributed by atoms with E-state index in [1.54, 1.807) is 0 Å². The van der Waals surface area contributed by atoms with E-state index >= 15 is 0 Å². The first-order valence-corrected chi connectivity index (χ1v) is 16.4. The van der Waals surface area contributed by atoms with E-state index < -0.39 is 18.4 Å². The first kappa shape index (κ1) is 19.2. The third-order valence-corrected chi connectivity index (χ3v) is 19.4. The molecule has 120 valence electrons. The maximum absolute atomic E-state index is 6.30. The van der Waals surface area contributed by atoms with Crippen LogP contribution >= 0.6 is 11.6 Å². The summed E-state index contributed by atoms with van der Waals surface area (Å²) in [5.41, 5.74) is 1.00. The summed E-state index contributed by atoms with van der Waals surface area (Å²) >= 11 is 3.83. The summed E-state index contributed by atoms with van der Waals surface area (Å²) in [5.74, 6) is 0. The van der Waals surface area contributed by atoms with Gasteiger partial charge in [0.2, 0.25) is 0 Å². The molecule has 0 saturated heterocycles. The van der Waals surface area contributed by atoms with Crippen LogP contribution < -0.4 is 3.84 Å². The van der Waals surface area contributed by atoms with Crippen molar-refractivity contribution < 1.29 is 0 Å². The molecule has 0 spiro atoms. The third kappa shape index (κ3) is 5.70. The Balaban J connectivity index is 3.12. The number of hydrogen-bond acceptors (Lipinski definition) is 2. The fourth-order valence-corrected chi connectivity index (χ4v) is 18.1. The molecular weight excluding hydrogens is 386 g/mol. The normalized spacial score (nSPS) is 11.9. The van der Waals surface area contributed by atoms with Crippen molar-refractivity contribution in [3.8, 4) is 0 Å². The van der Waals surface area contributed by atoms with E-state index in [9.17, 15) is 0 Å². The van der Waals surface area contributed by atoms with Crippen LogP contribution in [-0.2, 0) is 0 Å². The zero-order chi connectivity index (χ0) is 15.7. The van der Waals surface area contributed by atoms with Gasteiger partial charge in [-0.15, -0.1) is 0 Å². The van der Waals surface area contributed by atoms with Crippen LogP contribution in [-0.4, -0.2) is 28.3 Å². The van der Waals surface area contributed by atoms with Crippen LogP contribution in [0.3, 0.4) is 0 Å². The molecule has 0 aliphatic rings. The number of unbranched alkanes of at least 4 members (excludes halogenated alkanes) is 3. The Labute approximate surface area is 140 Å². The van der Waals surface area contributed by atoms with Gasteiger partial charge in [-0.2, -0.15) is 0 Å². The fraction of sp³-hybridized carbons (Fsp3) is 0.765. The van der Waals surface area contributed by atoms with Gasteiger partial charge >= 0.3 is 140 Å². The van der Waals surface area contributed by atoms with Gasteiger partial charge in [-0.1, -0.05) is 0 Å². The van der Waals surface area contributed by atoms with E-state index in [4.69, 9.17) is 21.6 Å². The summed E-state index contributed by atoms with van der Waals surface area (Å²) in [6.45, 7) is 8.87. The number of aryl methyl sites for hydroxylation is 1. The molecule has 0 aliphatic heterocycles. The van der Waals surface area contributed by atoms with Crippen molar-refractivity contribution in [2.45, 2.75) is 79.5 Å². The van der Waals surface area contributed by atoms with Crippen LogP contribution in [0.4, 0.5) is 0 Å². The molecular formula is C17H31ClN2Sn. The van der Waals surface area contributed by atoms with Crippen LogP contribution in [0.1, 0.15) is 64.9 Å². The van der Waals surface area contributed by atoms with Crippen molar-refractivity contribution in [2.24, 2.45) is 0 Å². The average molecular weight is 418 g/mol. The monoisotopic (exact) mass is 418 g/mol. The quantitative estimate of drug-likeness (QED) is 0.371. The predicted molar refractivity (Wildman–Crippen MR) is 96.3 cm³/mol. The summed E-state index contributed by atoms with van der Waals surface area (Å²) in [6.07, 6.45) is 9.76. The first-order chi connectivity index (χ1) is 10.1. The second-order valence-electron chi connectivity index (χ2n) is 6.26. The Morgan fingerprint density at radius 3 is 1.81 bits per heavy atom. The van der Waals surface area contributed by atoms with E-state index in [0.29, 0.717) is 5.15 Å². The van der Waals surface area contributed by atoms with E-state index in [0.717, 1.165) is 5.56 Å². The summed E-state index contributed by atoms with van der Waals surface area (Å²) in [5, 5.41) is 0.672. The number of halogens is 1. The van der Waals surface area contributed by atoms with Crippen LogP contribution in [0.25, 0.3) is 0 Å². The molecule has 1 aromatic heterocycles. The molecule has 0 fully saturated rings. The Kier molecular flexibility index (Phi) is 9.19. The summed E-state index contributed by atoms with van der Waals surface area (Å²) in [6, 6.07) is 0. The molecule has 0 bridgehead atoms. The molecule has 0 amide bonds. The molecule has 0 aliphatic carbocycles. The van der Waals surface area contributed by atoms with E-state index in [1.807, 2.05) is 13.1 Å². The number of rotatable bonds is 10.